The minimum atomic E-state index is -0.999. The Bertz CT molecular complexity index is 134. The van der Waals surface area contributed by atoms with Crippen molar-refractivity contribution in [2.45, 2.75) is 13.0 Å². The Labute approximate surface area is 52.0 Å². The fourth-order valence-corrected chi connectivity index (χ4v) is 0.232. The van der Waals surface area contributed by atoms with Crippen molar-refractivity contribution in [3.05, 3.63) is 0 Å². The third-order valence-electron chi connectivity index (χ3n) is 0.694. The standard InChI is InChI=1S/C4H8N2O3/c1-2(3(5)7)9-4(6)8/h2H,1H3,(H2,5,7)(H2,6,8)/t2-/m0/s1. The molecule has 1 atom stereocenters. The van der Waals surface area contributed by atoms with Gasteiger partial charge in [-0.2, -0.15) is 0 Å². The van der Waals surface area contributed by atoms with Crippen LogP contribution in [0.3, 0.4) is 0 Å². The smallest absolute Gasteiger partial charge is 0.405 e. The van der Waals surface area contributed by atoms with Gasteiger partial charge < -0.3 is 16.2 Å². The van der Waals surface area contributed by atoms with E-state index in [4.69, 9.17) is 5.73 Å². The quantitative estimate of drug-likeness (QED) is 0.502. The van der Waals surface area contributed by atoms with E-state index in [0.29, 0.717) is 0 Å². The van der Waals surface area contributed by atoms with Crippen molar-refractivity contribution < 1.29 is 14.3 Å². The number of carbonyl (C=O) groups is 2. The van der Waals surface area contributed by atoms with Gasteiger partial charge in [0.2, 0.25) is 0 Å². The highest BCUT2D eigenvalue weighted by Crippen LogP contribution is 1.86. The highest BCUT2D eigenvalue weighted by atomic mass is 16.6. The molecule has 9 heavy (non-hydrogen) atoms. The van der Waals surface area contributed by atoms with E-state index in [2.05, 4.69) is 10.5 Å². The van der Waals surface area contributed by atoms with E-state index in [1.54, 1.807) is 0 Å². The molecule has 0 aliphatic heterocycles. The molecule has 0 aliphatic rings. The largest absolute Gasteiger partial charge is 0.437 e. The zero-order chi connectivity index (χ0) is 7.44. The molecule has 0 saturated carbocycles. The number of carbonyl (C=O) groups excluding carboxylic acids is 2. The van der Waals surface area contributed by atoms with Crippen molar-refractivity contribution >= 4 is 12.0 Å². The fourth-order valence-electron chi connectivity index (χ4n) is 0.232. The third-order valence-corrected chi connectivity index (χ3v) is 0.694. The Hall–Kier alpha value is -1.26. The first kappa shape index (κ1) is 7.74. The number of amides is 2. The second kappa shape index (κ2) is 2.91. The van der Waals surface area contributed by atoms with Gasteiger partial charge in [-0.1, -0.05) is 0 Å². The second-order valence-electron chi connectivity index (χ2n) is 1.48. The Morgan fingerprint density at radius 2 is 1.89 bits per heavy atom. The highest BCUT2D eigenvalue weighted by molar-refractivity contribution is 5.81. The molecule has 0 unspecified atom stereocenters. The Morgan fingerprint density at radius 3 is 2.00 bits per heavy atom. The number of rotatable bonds is 2. The number of nitrogens with two attached hydrogens (primary N) is 2. The molecule has 0 rings (SSSR count). The monoisotopic (exact) mass is 132 g/mol. The summed E-state index contributed by atoms with van der Waals surface area (Å²) in [7, 11) is 0. The molecule has 0 saturated heterocycles. The maximum atomic E-state index is 10.1. The zero-order valence-corrected chi connectivity index (χ0v) is 4.96. The van der Waals surface area contributed by atoms with Crippen LogP contribution in [-0.4, -0.2) is 18.1 Å². The van der Waals surface area contributed by atoms with Gasteiger partial charge in [-0.15, -0.1) is 0 Å². The van der Waals surface area contributed by atoms with E-state index in [1.165, 1.54) is 6.92 Å². The molecule has 0 aliphatic carbocycles. The number of primary amides is 2. The summed E-state index contributed by atoms with van der Waals surface area (Å²) >= 11 is 0. The van der Waals surface area contributed by atoms with Gasteiger partial charge in [0.1, 0.15) is 0 Å². The van der Waals surface area contributed by atoms with Crippen LogP contribution in [0.2, 0.25) is 0 Å². The first-order chi connectivity index (χ1) is 4.04. The maximum Gasteiger partial charge on any atom is 0.405 e. The number of ether oxygens (including phenoxy) is 1. The highest BCUT2D eigenvalue weighted by Gasteiger charge is 2.10. The first-order valence-electron chi connectivity index (χ1n) is 2.29. The van der Waals surface area contributed by atoms with Gasteiger partial charge in [0.15, 0.2) is 6.10 Å². The van der Waals surface area contributed by atoms with Crippen LogP contribution in [0.1, 0.15) is 6.92 Å². The molecule has 0 aromatic rings. The van der Waals surface area contributed by atoms with E-state index >= 15 is 0 Å². The molecule has 0 bridgehead atoms. The summed E-state index contributed by atoms with van der Waals surface area (Å²) in [4.78, 5) is 20.0. The van der Waals surface area contributed by atoms with Crippen molar-refractivity contribution in [3.8, 4) is 0 Å². The summed E-state index contributed by atoms with van der Waals surface area (Å²) in [5, 5.41) is 0. The summed E-state index contributed by atoms with van der Waals surface area (Å²) in [6, 6.07) is 0. The van der Waals surface area contributed by atoms with E-state index < -0.39 is 18.1 Å². The van der Waals surface area contributed by atoms with Crippen LogP contribution in [0.25, 0.3) is 0 Å². The second-order valence-corrected chi connectivity index (χ2v) is 1.48. The lowest BCUT2D eigenvalue weighted by Gasteiger charge is -2.04. The van der Waals surface area contributed by atoms with Gasteiger partial charge in [-0.05, 0) is 6.92 Å². The molecule has 0 aromatic carbocycles. The topological polar surface area (TPSA) is 95.4 Å². The minimum Gasteiger partial charge on any atom is -0.437 e. The molecular formula is C4H8N2O3. The fraction of sp³-hybridized carbons (Fsp3) is 0.500. The summed E-state index contributed by atoms with van der Waals surface area (Å²) in [6.45, 7) is 1.34. The molecule has 0 fully saturated rings. The maximum absolute atomic E-state index is 10.1. The normalized spacial score (nSPS) is 12.1. The van der Waals surface area contributed by atoms with Gasteiger partial charge in [0, 0.05) is 0 Å². The molecule has 0 heterocycles. The zero-order valence-electron chi connectivity index (χ0n) is 4.96. The van der Waals surface area contributed by atoms with E-state index in [-0.39, 0.29) is 0 Å². The van der Waals surface area contributed by atoms with Crippen molar-refractivity contribution in [1.82, 2.24) is 0 Å². The number of hydrogen-bond donors (Lipinski definition) is 2. The van der Waals surface area contributed by atoms with Gasteiger partial charge in [0.05, 0.1) is 0 Å². The van der Waals surface area contributed by atoms with Crippen LogP contribution in [0.15, 0.2) is 0 Å². The molecular weight excluding hydrogens is 124 g/mol. The van der Waals surface area contributed by atoms with Crippen molar-refractivity contribution in [2.75, 3.05) is 0 Å². The Kier molecular flexibility index (Phi) is 2.50. The molecule has 4 N–H and O–H groups in total. The van der Waals surface area contributed by atoms with Crippen LogP contribution in [0.5, 0.6) is 0 Å². The van der Waals surface area contributed by atoms with Gasteiger partial charge in [-0.25, -0.2) is 4.79 Å². The van der Waals surface area contributed by atoms with Gasteiger partial charge in [-0.3, -0.25) is 4.79 Å². The SMILES string of the molecule is C[C@H](OC(N)=O)C(N)=O. The lowest BCUT2D eigenvalue weighted by Crippen LogP contribution is -2.32. The molecule has 52 valence electrons. The average molecular weight is 132 g/mol. The van der Waals surface area contributed by atoms with Gasteiger partial charge >= 0.3 is 6.09 Å². The molecule has 5 heteroatoms. The van der Waals surface area contributed by atoms with E-state index in [0.717, 1.165) is 0 Å². The summed E-state index contributed by atoms with van der Waals surface area (Å²) in [6.07, 6.45) is -1.94. The molecule has 0 radical (unpaired) electrons. The molecule has 0 spiro atoms. The molecule has 5 nitrogen and oxygen atoms in total. The summed E-state index contributed by atoms with van der Waals surface area (Å²) in [5.74, 6) is -0.714. The van der Waals surface area contributed by atoms with E-state index in [9.17, 15) is 9.59 Å². The predicted molar refractivity (Wildman–Crippen MR) is 29.3 cm³/mol. The first-order valence-corrected chi connectivity index (χ1v) is 2.29. The average Bonchev–Trinajstić information content (AvgIpc) is 1.63. The van der Waals surface area contributed by atoms with Crippen molar-refractivity contribution in [1.29, 1.82) is 0 Å². The Morgan fingerprint density at radius 1 is 1.44 bits per heavy atom. The van der Waals surface area contributed by atoms with Crippen LogP contribution in [0, 0.1) is 0 Å². The van der Waals surface area contributed by atoms with E-state index in [1.807, 2.05) is 0 Å². The minimum absolute atomic E-state index is 0.714. The van der Waals surface area contributed by atoms with Crippen LogP contribution >= 0.6 is 0 Å². The van der Waals surface area contributed by atoms with Gasteiger partial charge in [0.25, 0.3) is 5.91 Å². The molecule has 0 aromatic heterocycles. The third kappa shape index (κ3) is 3.33. The summed E-state index contributed by atoms with van der Waals surface area (Å²) in [5.41, 5.74) is 9.27. The van der Waals surface area contributed by atoms with Crippen LogP contribution in [-0.2, 0) is 9.53 Å². The Balaban J connectivity index is 3.63. The molecule has 2 amide bonds. The van der Waals surface area contributed by atoms with Crippen LogP contribution < -0.4 is 11.5 Å². The number of hydrogen-bond acceptors (Lipinski definition) is 3. The van der Waals surface area contributed by atoms with Crippen molar-refractivity contribution in [3.63, 3.8) is 0 Å². The summed E-state index contributed by atoms with van der Waals surface area (Å²) < 4.78 is 4.18. The predicted octanol–water partition coefficient (Wildman–Crippen LogP) is -1.04. The van der Waals surface area contributed by atoms with Crippen molar-refractivity contribution in [2.24, 2.45) is 11.5 Å². The lowest BCUT2D eigenvalue weighted by atomic mass is 10.4. The van der Waals surface area contributed by atoms with Crippen LogP contribution in [0.4, 0.5) is 4.79 Å². The lowest BCUT2D eigenvalue weighted by molar-refractivity contribution is -0.125.